The zero-order valence-electron chi connectivity index (χ0n) is 10.9. The molecule has 1 amide bonds. The van der Waals surface area contributed by atoms with Gasteiger partial charge in [0.2, 0.25) is 10.0 Å². The smallest absolute Gasteiger partial charge is 0.384 e. The van der Waals surface area contributed by atoms with Gasteiger partial charge in [-0.3, -0.25) is 9.52 Å². The van der Waals surface area contributed by atoms with Crippen LogP contribution in [0.25, 0.3) is 0 Å². The number of hydrogen-bond acceptors (Lipinski definition) is 4. The molecule has 0 aliphatic heterocycles. The van der Waals surface area contributed by atoms with Crippen molar-refractivity contribution in [3.63, 3.8) is 0 Å². The van der Waals surface area contributed by atoms with Gasteiger partial charge in [-0.1, -0.05) is 0 Å². The summed E-state index contributed by atoms with van der Waals surface area (Å²) >= 11 is 0. The summed E-state index contributed by atoms with van der Waals surface area (Å²) in [7, 11) is -2.57. The predicted octanol–water partition coefficient (Wildman–Crippen LogP) is 1.19. The van der Waals surface area contributed by atoms with Gasteiger partial charge in [0.15, 0.2) is 0 Å². The third-order valence-corrected chi connectivity index (χ3v) is 3.67. The van der Waals surface area contributed by atoms with Crippen LogP contribution in [-0.4, -0.2) is 33.8 Å². The van der Waals surface area contributed by atoms with E-state index in [4.69, 9.17) is 5.73 Å². The Morgan fingerprint density at radius 1 is 1.38 bits per heavy atom. The highest BCUT2D eigenvalue weighted by Gasteiger charge is 2.32. The number of halogens is 3. The average Bonchev–Trinajstić information content (AvgIpc) is 2.34. The van der Waals surface area contributed by atoms with E-state index in [0.29, 0.717) is 12.1 Å². The number of rotatable bonds is 6. The first-order valence-electron chi connectivity index (χ1n) is 5.57. The number of anilines is 1. The molecule has 0 saturated heterocycles. The quantitative estimate of drug-likeness (QED) is 0.820. The van der Waals surface area contributed by atoms with E-state index in [2.05, 4.69) is 4.74 Å². The molecule has 0 aliphatic carbocycles. The van der Waals surface area contributed by atoms with Crippen LogP contribution in [0.2, 0.25) is 0 Å². The van der Waals surface area contributed by atoms with Crippen LogP contribution in [0.15, 0.2) is 18.2 Å². The molecule has 6 nitrogen and oxygen atoms in total. The van der Waals surface area contributed by atoms with E-state index in [1.54, 1.807) is 0 Å². The second-order valence-electron chi connectivity index (χ2n) is 4.04. The van der Waals surface area contributed by atoms with Gasteiger partial charge in [0.1, 0.15) is 0 Å². The van der Waals surface area contributed by atoms with Gasteiger partial charge in [-0.2, -0.15) is 13.2 Å². The molecule has 1 rings (SSSR count). The second kappa shape index (κ2) is 6.31. The first-order chi connectivity index (χ1) is 9.57. The van der Waals surface area contributed by atoms with E-state index in [-0.39, 0.29) is 12.3 Å². The number of carbonyl (C=O) groups excluding carboxylic acids is 1. The highest BCUT2D eigenvalue weighted by Crippen LogP contribution is 2.32. The Balaban J connectivity index is 3.17. The number of amides is 1. The van der Waals surface area contributed by atoms with Gasteiger partial charge in [0.25, 0.3) is 5.91 Å². The fourth-order valence-corrected chi connectivity index (χ4v) is 2.43. The number of methoxy groups -OCH3 is 1. The van der Waals surface area contributed by atoms with Crippen LogP contribution in [-0.2, 0) is 20.9 Å². The third kappa shape index (κ3) is 4.90. The fourth-order valence-electron chi connectivity index (χ4n) is 1.43. The molecule has 21 heavy (non-hydrogen) atoms. The Morgan fingerprint density at radius 2 is 2.00 bits per heavy atom. The number of hydrogen-bond donors (Lipinski definition) is 2. The molecule has 0 atom stereocenters. The minimum absolute atomic E-state index is 0.109. The van der Waals surface area contributed by atoms with Gasteiger partial charge >= 0.3 is 6.18 Å². The van der Waals surface area contributed by atoms with Crippen LogP contribution < -0.4 is 10.5 Å². The van der Waals surface area contributed by atoms with Crippen LogP contribution in [0, 0.1) is 0 Å². The van der Waals surface area contributed by atoms with Crippen LogP contribution in [0.4, 0.5) is 18.9 Å². The lowest BCUT2D eigenvalue weighted by Crippen LogP contribution is -2.23. The van der Waals surface area contributed by atoms with Crippen LogP contribution in [0.3, 0.4) is 0 Å². The van der Waals surface area contributed by atoms with Gasteiger partial charge in [0, 0.05) is 7.11 Å². The lowest BCUT2D eigenvalue weighted by atomic mass is 10.1. The first kappa shape index (κ1) is 17.2. The summed E-state index contributed by atoms with van der Waals surface area (Å²) in [5.74, 6) is -1.59. The molecule has 0 saturated carbocycles. The van der Waals surface area contributed by atoms with Crippen LogP contribution >= 0.6 is 0 Å². The highest BCUT2D eigenvalue weighted by atomic mass is 32.2. The lowest BCUT2D eigenvalue weighted by Gasteiger charge is -2.13. The molecule has 0 unspecified atom stereocenters. The van der Waals surface area contributed by atoms with E-state index >= 15 is 0 Å². The summed E-state index contributed by atoms with van der Waals surface area (Å²) in [4.78, 5) is 11.2. The van der Waals surface area contributed by atoms with Gasteiger partial charge in [-0.05, 0) is 18.2 Å². The topological polar surface area (TPSA) is 98.5 Å². The Hall–Kier alpha value is -1.81. The molecule has 0 heterocycles. The number of sulfonamides is 1. The molecule has 1 aromatic rings. The van der Waals surface area contributed by atoms with Crippen molar-refractivity contribution < 1.29 is 31.1 Å². The normalized spacial score (nSPS) is 12.2. The standard InChI is InChI=1S/C11H13F3N2O4S/c1-20-4-5-21(18,19)16-9-3-2-7(11(12,13)14)6-8(9)10(15)17/h2-3,6,16H,4-5H2,1H3,(H2,15,17). The molecule has 0 aliphatic rings. The van der Waals surface area contributed by atoms with Crippen LogP contribution in [0.1, 0.15) is 15.9 Å². The summed E-state index contributed by atoms with van der Waals surface area (Å²) in [6.45, 7) is -0.109. The van der Waals surface area contributed by atoms with Gasteiger partial charge in [-0.15, -0.1) is 0 Å². The molecule has 118 valence electrons. The molecule has 1 aromatic carbocycles. The van der Waals surface area contributed by atoms with Gasteiger partial charge < -0.3 is 10.5 Å². The van der Waals surface area contributed by atoms with E-state index in [0.717, 1.165) is 6.07 Å². The zero-order chi connectivity index (χ0) is 16.3. The van der Waals surface area contributed by atoms with E-state index in [1.807, 2.05) is 4.72 Å². The SMILES string of the molecule is COCCS(=O)(=O)Nc1ccc(C(F)(F)F)cc1C(N)=O. The minimum atomic E-state index is -4.67. The largest absolute Gasteiger partial charge is 0.416 e. The van der Waals surface area contributed by atoms with Crippen molar-refractivity contribution in [2.45, 2.75) is 6.18 Å². The maximum absolute atomic E-state index is 12.6. The summed E-state index contributed by atoms with van der Waals surface area (Å²) in [5, 5.41) is 0. The summed E-state index contributed by atoms with van der Waals surface area (Å²) in [6, 6.07) is 1.99. The van der Waals surface area contributed by atoms with Crippen molar-refractivity contribution in [1.82, 2.24) is 0 Å². The van der Waals surface area contributed by atoms with E-state index in [1.165, 1.54) is 7.11 Å². The van der Waals surface area contributed by atoms with E-state index in [9.17, 15) is 26.4 Å². The fraction of sp³-hybridized carbons (Fsp3) is 0.364. The first-order valence-corrected chi connectivity index (χ1v) is 7.22. The summed E-state index contributed by atoms with van der Waals surface area (Å²) < 4.78 is 67.6. The minimum Gasteiger partial charge on any atom is -0.384 e. The number of benzene rings is 1. The Morgan fingerprint density at radius 3 is 2.48 bits per heavy atom. The second-order valence-corrected chi connectivity index (χ2v) is 5.88. The van der Waals surface area contributed by atoms with Crippen molar-refractivity contribution in [1.29, 1.82) is 0 Å². The molecule has 10 heteroatoms. The van der Waals surface area contributed by atoms with Crippen molar-refractivity contribution in [2.75, 3.05) is 24.2 Å². The zero-order valence-corrected chi connectivity index (χ0v) is 11.7. The number of alkyl halides is 3. The van der Waals surface area contributed by atoms with Gasteiger partial charge in [-0.25, -0.2) is 8.42 Å². The molecular weight excluding hydrogens is 313 g/mol. The monoisotopic (exact) mass is 326 g/mol. The Bertz CT molecular complexity index is 629. The number of ether oxygens (including phenoxy) is 1. The number of nitrogens with one attached hydrogen (secondary N) is 1. The van der Waals surface area contributed by atoms with Crippen LogP contribution in [0.5, 0.6) is 0 Å². The summed E-state index contributed by atoms with van der Waals surface area (Å²) in [6.07, 6.45) is -4.67. The van der Waals surface area contributed by atoms with Crippen molar-refractivity contribution >= 4 is 21.6 Å². The predicted molar refractivity (Wildman–Crippen MR) is 69.2 cm³/mol. The highest BCUT2D eigenvalue weighted by molar-refractivity contribution is 7.92. The molecule has 0 fully saturated rings. The molecule has 0 radical (unpaired) electrons. The molecular formula is C11H13F3N2O4S. The van der Waals surface area contributed by atoms with Crippen molar-refractivity contribution in [2.24, 2.45) is 5.73 Å². The molecule has 3 N–H and O–H groups in total. The average molecular weight is 326 g/mol. The van der Waals surface area contributed by atoms with Crippen molar-refractivity contribution in [3.05, 3.63) is 29.3 Å². The molecule has 0 aromatic heterocycles. The molecule has 0 bridgehead atoms. The number of primary amides is 1. The van der Waals surface area contributed by atoms with Gasteiger partial charge in [0.05, 0.1) is 29.2 Å². The van der Waals surface area contributed by atoms with E-state index < -0.39 is 39.0 Å². The Labute approximate surface area is 119 Å². The number of nitrogens with two attached hydrogens (primary N) is 1. The third-order valence-electron chi connectivity index (χ3n) is 2.43. The Kier molecular flexibility index (Phi) is 5.18. The molecule has 0 spiro atoms. The summed E-state index contributed by atoms with van der Waals surface area (Å²) in [5.41, 5.74) is 3.00. The van der Waals surface area contributed by atoms with Crippen molar-refractivity contribution in [3.8, 4) is 0 Å². The number of carbonyl (C=O) groups is 1. The maximum Gasteiger partial charge on any atom is 0.416 e. The maximum atomic E-state index is 12.6. The lowest BCUT2D eigenvalue weighted by molar-refractivity contribution is -0.137.